The molecular formula is C6H8IN4-. The Morgan fingerprint density at radius 3 is 3.27 bits per heavy atom. The van der Waals surface area contributed by atoms with Gasteiger partial charge in [-0.05, 0) is 0 Å². The van der Waals surface area contributed by atoms with Crippen molar-refractivity contribution in [2.75, 3.05) is 7.05 Å². The van der Waals surface area contributed by atoms with E-state index in [1.165, 1.54) is 0 Å². The van der Waals surface area contributed by atoms with Gasteiger partial charge in [-0.25, -0.2) is 0 Å². The Balaban J connectivity index is 2.42. The zero-order chi connectivity index (χ0) is 7.94. The van der Waals surface area contributed by atoms with E-state index in [9.17, 15) is 0 Å². The number of rotatable bonds is 2. The van der Waals surface area contributed by atoms with Crippen molar-refractivity contribution >= 4 is 16.3 Å². The van der Waals surface area contributed by atoms with E-state index in [1.54, 1.807) is 19.6 Å². The molecule has 60 valence electrons. The number of halogens is 1. The van der Waals surface area contributed by atoms with Crippen LogP contribution in [-0.2, 0) is 0 Å². The molecule has 0 bridgehead atoms. The Kier molecular flexibility index (Phi) is 3.81. The maximum absolute atomic E-state index is 4.08. The number of allylic oxidation sites excluding steroid dienone is 2. The van der Waals surface area contributed by atoms with Crippen LogP contribution in [0.4, 0.5) is 0 Å². The van der Waals surface area contributed by atoms with Crippen molar-refractivity contribution in [1.29, 1.82) is 0 Å². The predicted molar refractivity (Wildman–Crippen MR) is 42.6 cm³/mol. The minimum atomic E-state index is -0.261. The molecular weight excluding hydrogens is 255 g/mol. The van der Waals surface area contributed by atoms with Crippen molar-refractivity contribution in [2.45, 2.75) is 0 Å². The van der Waals surface area contributed by atoms with Gasteiger partial charge in [0.05, 0.1) is 0 Å². The van der Waals surface area contributed by atoms with Crippen molar-refractivity contribution in [3.05, 3.63) is 12.2 Å². The molecule has 11 heavy (non-hydrogen) atoms. The third kappa shape index (κ3) is 3.26. The van der Waals surface area contributed by atoms with Crippen LogP contribution < -0.4 is 26.9 Å². The van der Waals surface area contributed by atoms with E-state index in [0.29, 0.717) is 0 Å². The first-order chi connectivity index (χ1) is 5.43. The quantitative estimate of drug-likeness (QED) is 0.424. The van der Waals surface area contributed by atoms with Gasteiger partial charge >= 0.3 is 75.7 Å². The van der Waals surface area contributed by atoms with Crippen molar-refractivity contribution in [3.63, 3.8) is 0 Å². The summed E-state index contributed by atoms with van der Waals surface area (Å²) in [7, 11) is 1.73. The number of aliphatic imine (C=N–C) groups is 1. The molecule has 0 spiro atoms. The maximum atomic E-state index is 4.08. The Morgan fingerprint density at radius 1 is 1.73 bits per heavy atom. The second-order valence-electron chi connectivity index (χ2n) is 1.64. The Labute approximate surface area is 75.8 Å². The molecule has 1 aliphatic rings. The van der Waals surface area contributed by atoms with Gasteiger partial charge in [-0.1, -0.05) is 0 Å². The SMILES string of the molecule is CN=C/C=C\C1=NNC=N[I-]1. The zero-order valence-corrected chi connectivity index (χ0v) is 8.19. The summed E-state index contributed by atoms with van der Waals surface area (Å²) < 4.78 is 5.10. The Bertz CT molecular complexity index is 229. The molecule has 0 saturated carbocycles. The van der Waals surface area contributed by atoms with Gasteiger partial charge in [0, 0.05) is 0 Å². The molecule has 0 aromatic rings. The summed E-state index contributed by atoms with van der Waals surface area (Å²) in [5, 5.41) is 4.02. The average molecular weight is 263 g/mol. The predicted octanol–water partition coefficient (Wildman–Crippen LogP) is -2.81. The van der Waals surface area contributed by atoms with Crippen LogP contribution >= 0.6 is 0 Å². The summed E-state index contributed by atoms with van der Waals surface area (Å²) in [5.74, 6) is 0. The third-order valence-electron chi connectivity index (χ3n) is 0.882. The Morgan fingerprint density at radius 2 is 2.64 bits per heavy atom. The fourth-order valence-electron chi connectivity index (χ4n) is 0.480. The van der Waals surface area contributed by atoms with Crippen molar-refractivity contribution in [1.82, 2.24) is 5.43 Å². The van der Waals surface area contributed by atoms with E-state index in [4.69, 9.17) is 0 Å². The molecule has 0 fully saturated rings. The number of hydrazone groups is 1. The van der Waals surface area contributed by atoms with Gasteiger partial charge in [-0.2, -0.15) is 0 Å². The summed E-state index contributed by atoms with van der Waals surface area (Å²) in [6.45, 7) is 0. The summed E-state index contributed by atoms with van der Waals surface area (Å²) in [6, 6.07) is 0. The van der Waals surface area contributed by atoms with E-state index >= 15 is 0 Å². The number of hydrogen-bond donors (Lipinski definition) is 1. The molecule has 1 rings (SSSR count). The van der Waals surface area contributed by atoms with E-state index < -0.39 is 0 Å². The molecule has 1 heterocycles. The standard InChI is InChI=1S/C6H8IN4/c1-8-4-2-3-6-7-9-5-10-11-6/h2-5H,1H3,(H,9,10)/q-1/b3-2-,8-4?. The zero-order valence-electron chi connectivity index (χ0n) is 6.03. The van der Waals surface area contributed by atoms with E-state index in [0.717, 1.165) is 3.72 Å². The van der Waals surface area contributed by atoms with Gasteiger partial charge in [0.2, 0.25) is 0 Å². The molecule has 0 aromatic carbocycles. The monoisotopic (exact) mass is 263 g/mol. The summed E-state index contributed by atoms with van der Waals surface area (Å²) >= 11 is -0.261. The normalized spacial score (nSPS) is 18.1. The van der Waals surface area contributed by atoms with Crippen LogP contribution in [0.15, 0.2) is 25.5 Å². The second-order valence-corrected chi connectivity index (χ2v) is 3.79. The van der Waals surface area contributed by atoms with E-state index in [2.05, 4.69) is 18.7 Å². The number of nitrogens with one attached hydrogen (secondary N) is 1. The molecule has 1 aliphatic heterocycles. The second kappa shape index (κ2) is 5.00. The van der Waals surface area contributed by atoms with Gasteiger partial charge in [0.1, 0.15) is 0 Å². The average Bonchev–Trinajstić information content (AvgIpc) is 2.07. The van der Waals surface area contributed by atoms with Crippen molar-refractivity contribution in [3.8, 4) is 0 Å². The topological polar surface area (TPSA) is 49.1 Å². The third-order valence-corrected chi connectivity index (χ3v) is 2.53. The van der Waals surface area contributed by atoms with Crippen LogP contribution in [0.5, 0.6) is 0 Å². The van der Waals surface area contributed by atoms with Crippen LogP contribution in [0.25, 0.3) is 0 Å². The summed E-state index contributed by atoms with van der Waals surface area (Å²) in [6.07, 6.45) is 7.13. The molecule has 0 atom stereocenters. The Hall–Kier alpha value is -0.720. The van der Waals surface area contributed by atoms with Gasteiger partial charge in [0.15, 0.2) is 0 Å². The number of hydrogen-bond acceptors (Lipinski definition) is 4. The van der Waals surface area contributed by atoms with Crippen molar-refractivity contribution in [2.24, 2.45) is 13.3 Å². The molecule has 0 radical (unpaired) electrons. The van der Waals surface area contributed by atoms with Crippen LogP contribution in [0.3, 0.4) is 0 Å². The van der Waals surface area contributed by atoms with Gasteiger partial charge in [-0.3, -0.25) is 0 Å². The first-order valence-corrected chi connectivity index (χ1v) is 5.06. The molecule has 0 saturated heterocycles. The van der Waals surface area contributed by atoms with Crippen LogP contribution in [0.1, 0.15) is 0 Å². The molecule has 0 aromatic heterocycles. The van der Waals surface area contributed by atoms with Gasteiger partial charge < -0.3 is 0 Å². The minimum absolute atomic E-state index is 0.261. The van der Waals surface area contributed by atoms with Crippen LogP contribution in [-0.4, -0.2) is 23.3 Å². The molecule has 0 aliphatic carbocycles. The van der Waals surface area contributed by atoms with E-state index in [-0.39, 0.29) is 21.5 Å². The van der Waals surface area contributed by atoms with E-state index in [1.807, 2.05) is 12.2 Å². The van der Waals surface area contributed by atoms with Crippen LogP contribution in [0, 0.1) is 0 Å². The van der Waals surface area contributed by atoms with Gasteiger partial charge in [0.25, 0.3) is 0 Å². The first-order valence-electron chi connectivity index (χ1n) is 3.01. The molecule has 0 unspecified atom stereocenters. The summed E-state index contributed by atoms with van der Waals surface area (Å²) in [5.41, 5.74) is 2.69. The molecule has 4 nitrogen and oxygen atoms in total. The fourth-order valence-corrected chi connectivity index (χ4v) is 1.64. The van der Waals surface area contributed by atoms with Crippen LogP contribution in [0.2, 0.25) is 0 Å². The summed E-state index contributed by atoms with van der Waals surface area (Å²) in [4.78, 5) is 3.81. The fraction of sp³-hybridized carbons (Fsp3) is 0.167. The molecule has 5 heteroatoms. The first kappa shape index (κ1) is 8.38. The molecule has 0 amide bonds. The van der Waals surface area contributed by atoms with Gasteiger partial charge in [-0.15, -0.1) is 0 Å². The van der Waals surface area contributed by atoms with Crippen molar-refractivity contribution < 1.29 is 21.5 Å². The molecule has 1 N–H and O–H groups in total. The number of nitrogens with zero attached hydrogens (tertiary/aromatic N) is 3.